The predicted octanol–water partition coefficient (Wildman–Crippen LogP) is 6.26. The van der Waals surface area contributed by atoms with Gasteiger partial charge in [0.15, 0.2) is 0 Å². The Morgan fingerprint density at radius 2 is 1.45 bits per heavy atom. The summed E-state index contributed by atoms with van der Waals surface area (Å²) in [6, 6.07) is 30.6. The van der Waals surface area contributed by atoms with E-state index in [0.29, 0.717) is 11.6 Å². The molecule has 0 unspecified atom stereocenters. The van der Waals surface area contributed by atoms with Gasteiger partial charge in [-0.25, -0.2) is 8.42 Å². The van der Waals surface area contributed by atoms with Crippen LogP contribution in [0.3, 0.4) is 0 Å². The first-order valence-corrected chi connectivity index (χ1v) is 16.4. The standard InChI is InChI=1S/C35H38ClN3O4S/c1-26(2)23-37-35(41)33(21-28-13-6-4-7-14-28)38(24-29-15-10-12-27(3)20-29)34(40)25-39(31-17-11-16-30(36)22-31)44(42,43)32-18-8-5-9-19-32/h4-20,22,26,33H,21,23-25H2,1-3H3,(H,37,41)/t33-/m0/s1. The van der Waals surface area contributed by atoms with Gasteiger partial charge in [0, 0.05) is 24.5 Å². The first kappa shape index (κ1) is 32.8. The van der Waals surface area contributed by atoms with Gasteiger partial charge in [-0.3, -0.25) is 13.9 Å². The fraction of sp³-hybridized carbons (Fsp3) is 0.257. The Kier molecular flexibility index (Phi) is 11.2. The second-order valence-corrected chi connectivity index (χ2v) is 13.5. The van der Waals surface area contributed by atoms with Crippen LogP contribution in [-0.2, 0) is 32.6 Å². The number of anilines is 1. The fourth-order valence-electron chi connectivity index (χ4n) is 4.86. The summed E-state index contributed by atoms with van der Waals surface area (Å²) < 4.78 is 29.1. The molecule has 1 N–H and O–H groups in total. The molecule has 0 radical (unpaired) electrons. The molecule has 0 saturated heterocycles. The molecule has 0 bridgehead atoms. The van der Waals surface area contributed by atoms with Gasteiger partial charge in [-0.2, -0.15) is 0 Å². The normalized spacial score (nSPS) is 12.0. The van der Waals surface area contributed by atoms with Crippen molar-refractivity contribution in [3.63, 3.8) is 0 Å². The third-order valence-corrected chi connectivity index (χ3v) is 9.12. The van der Waals surface area contributed by atoms with E-state index in [1.807, 2.05) is 75.4 Å². The largest absolute Gasteiger partial charge is 0.354 e. The van der Waals surface area contributed by atoms with Gasteiger partial charge in [-0.1, -0.05) is 110 Å². The molecule has 9 heteroatoms. The molecule has 0 aromatic heterocycles. The average molecular weight is 632 g/mol. The monoisotopic (exact) mass is 631 g/mol. The zero-order valence-corrected chi connectivity index (χ0v) is 26.8. The van der Waals surface area contributed by atoms with Gasteiger partial charge in [-0.15, -0.1) is 0 Å². The lowest BCUT2D eigenvalue weighted by atomic mass is 10.0. The summed E-state index contributed by atoms with van der Waals surface area (Å²) in [5, 5.41) is 3.33. The number of nitrogens with zero attached hydrogens (tertiary/aromatic N) is 2. The molecular formula is C35H38ClN3O4S. The Balaban J connectivity index is 1.79. The Hall–Kier alpha value is -4.14. The van der Waals surface area contributed by atoms with Crippen molar-refractivity contribution >= 4 is 39.1 Å². The van der Waals surface area contributed by atoms with Crippen LogP contribution in [0.15, 0.2) is 114 Å². The average Bonchev–Trinajstić information content (AvgIpc) is 3.01. The van der Waals surface area contributed by atoms with Crippen molar-refractivity contribution in [1.29, 1.82) is 0 Å². The van der Waals surface area contributed by atoms with Crippen LogP contribution in [0.5, 0.6) is 0 Å². The quantitative estimate of drug-likeness (QED) is 0.189. The summed E-state index contributed by atoms with van der Waals surface area (Å²) in [6.07, 6.45) is 0.255. The van der Waals surface area contributed by atoms with Crippen molar-refractivity contribution in [3.8, 4) is 0 Å². The Labute approximate surface area is 265 Å². The Bertz CT molecular complexity index is 1660. The minimum atomic E-state index is -4.18. The number of carbonyl (C=O) groups is 2. The maximum absolute atomic E-state index is 14.5. The first-order valence-electron chi connectivity index (χ1n) is 14.5. The van der Waals surface area contributed by atoms with Crippen LogP contribution in [-0.4, -0.2) is 44.3 Å². The van der Waals surface area contributed by atoms with E-state index in [0.717, 1.165) is 21.0 Å². The lowest BCUT2D eigenvalue weighted by molar-refractivity contribution is -0.140. The molecule has 230 valence electrons. The molecule has 0 fully saturated rings. The van der Waals surface area contributed by atoms with Crippen molar-refractivity contribution in [2.75, 3.05) is 17.4 Å². The van der Waals surface area contributed by atoms with Gasteiger partial charge in [0.05, 0.1) is 10.6 Å². The minimum Gasteiger partial charge on any atom is -0.354 e. The number of halogens is 1. The third kappa shape index (κ3) is 8.71. The van der Waals surface area contributed by atoms with Crippen LogP contribution in [0, 0.1) is 12.8 Å². The zero-order chi connectivity index (χ0) is 31.7. The summed E-state index contributed by atoms with van der Waals surface area (Å²) >= 11 is 6.28. The molecule has 44 heavy (non-hydrogen) atoms. The maximum Gasteiger partial charge on any atom is 0.264 e. The fourth-order valence-corrected chi connectivity index (χ4v) is 6.47. The van der Waals surface area contributed by atoms with E-state index in [9.17, 15) is 18.0 Å². The minimum absolute atomic E-state index is 0.0357. The number of rotatable bonds is 13. The van der Waals surface area contributed by atoms with Crippen LogP contribution < -0.4 is 9.62 Å². The molecule has 0 aliphatic rings. The SMILES string of the molecule is Cc1cccc(CN(C(=O)CN(c2cccc(Cl)c2)S(=O)(=O)c2ccccc2)[C@@H](Cc2ccccc2)C(=O)NCC(C)C)c1. The van der Waals surface area contributed by atoms with Gasteiger partial charge in [0.25, 0.3) is 10.0 Å². The smallest absolute Gasteiger partial charge is 0.264 e. The van der Waals surface area contributed by atoms with Crippen LogP contribution in [0.25, 0.3) is 0 Å². The van der Waals surface area contributed by atoms with Crippen LogP contribution >= 0.6 is 11.6 Å². The van der Waals surface area contributed by atoms with Crippen molar-refractivity contribution in [1.82, 2.24) is 10.2 Å². The molecule has 2 amide bonds. The van der Waals surface area contributed by atoms with E-state index >= 15 is 0 Å². The second-order valence-electron chi connectivity index (χ2n) is 11.2. The van der Waals surface area contributed by atoms with Crippen molar-refractivity contribution < 1.29 is 18.0 Å². The molecule has 0 aliphatic heterocycles. The first-order chi connectivity index (χ1) is 21.0. The highest BCUT2D eigenvalue weighted by molar-refractivity contribution is 7.92. The van der Waals surface area contributed by atoms with Gasteiger partial charge in [-0.05, 0) is 54.3 Å². The summed E-state index contributed by atoms with van der Waals surface area (Å²) in [7, 11) is -4.18. The molecule has 4 aromatic carbocycles. The van der Waals surface area contributed by atoms with Gasteiger partial charge in [0.1, 0.15) is 12.6 Å². The van der Waals surface area contributed by atoms with Crippen LogP contribution in [0.1, 0.15) is 30.5 Å². The van der Waals surface area contributed by atoms with Gasteiger partial charge < -0.3 is 10.2 Å². The molecule has 0 heterocycles. The number of aryl methyl sites for hydroxylation is 1. The molecule has 4 rings (SSSR count). The molecule has 4 aromatic rings. The molecular weight excluding hydrogens is 594 g/mol. The number of carbonyl (C=O) groups excluding carboxylic acids is 2. The van der Waals surface area contributed by atoms with E-state index < -0.39 is 28.5 Å². The predicted molar refractivity (Wildman–Crippen MR) is 176 cm³/mol. The molecule has 0 spiro atoms. The Morgan fingerprint density at radius 1 is 0.818 bits per heavy atom. The number of amides is 2. The molecule has 0 saturated carbocycles. The van der Waals surface area contributed by atoms with E-state index in [1.54, 1.807) is 36.4 Å². The number of sulfonamides is 1. The molecule has 7 nitrogen and oxygen atoms in total. The van der Waals surface area contributed by atoms with Gasteiger partial charge in [0.2, 0.25) is 11.8 Å². The topological polar surface area (TPSA) is 86.8 Å². The Morgan fingerprint density at radius 3 is 2.09 bits per heavy atom. The third-order valence-electron chi connectivity index (χ3n) is 7.10. The highest BCUT2D eigenvalue weighted by Gasteiger charge is 2.34. The van der Waals surface area contributed by atoms with E-state index in [-0.39, 0.29) is 35.4 Å². The van der Waals surface area contributed by atoms with Crippen molar-refractivity contribution in [2.45, 2.75) is 44.7 Å². The number of nitrogens with one attached hydrogen (secondary N) is 1. The molecule has 1 atom stereocenters. The maximum atomic E-state index is 14.5. The highest BCUT2D eigenvalue weighted by atomic mass is 35.5. The van der Waals surface area contributed by atoms with Crippen molar-refractivity contribution in [3.05, 3.63) is 131 Å². The van der Waals surface area contributed by atoms with E-state index in [4.69, 9.17) is 11.6 Å². The van der Waals surface area contributed by atoms with Crippen LogP contribution in [0.4, 0.5) is 5.69 Å². The van der Waals surface area contributed by atoms with Crippen LogP contribution in [0.2, 0.25) is 5.02 Å². The zero-order valence-electron chi connectivity index (χ0n) is 25.2. The second kappa shape index (κ2) is 15.0. The highest BCUT2D eigenvalue weighted by Crippen LogP contribution is 2.27. The van der Waals surface area contributed by atoms with E-state index in [2.05, 4.69) is 5.32 Å². The van der Waals surface area contributed by atoms with Crippen molar-refractivity contribution in [2.24, 2.45) is 5.92 Å². The van der Waals surface area contributed by atoms with E-state index in [1.165, 1.54) is 23.1 Å². The summed E-state index contributed by atoms with van der Waals surface area (Å²) in [5.74, 6) is -0.623. The van der Waals surface area contributed by atoms with Gasteiger partial charge >= 0.3 is 0 Å². The summed E-state index contributed by atoms with van der Waals surface area (Å²) in [4.78, 5) is 29.8. The summed E-state index contributed by atoms with van der Waals surface area (Å²) in [5.41, 5.74) is 2.95. The number of benzene rings is 4. The number of hydrogen-bond donors (Lipinski definition) is 1. The lowest BCUT2D eigenvalue weighted by Crippen LogP contribution is -2.53. The molecule has 0 aliphatic carbocycles. The lowest BCUT2D eigenvalue weighted by Gasteiger charge is -2.34. The summed E-state index contributed by atoms with van der Waals surface area (Å²) in [6.45, 7) is 5.97. The number of hydrogen-bond acceptors (Lipinski definition) is 4.